The lowest BCUT2D eigenvalue weighted by Crippen LogP contribution is -2.48. The van der Waals surface area contributed by atoms with Gasteiger partial charge in [-0.2, -0.15) is 0 Å². The molecular weight excluding hydrogens is 294 g/mol. The molecule has 2 aliphatic heterocycles. The molecule has 124 valence electrons. The monoisotopic (exact) mass is 317 g/mol. The Kier molecular flexibility index (Phi) is 3.97. The quantitative estimate of drug-likeness (QED) is 0.647. The first kappa shape index (κ1) is 14.9. The number of fused-ring (bicyclic) bond motifs is 1. The topological polar surface area (TPSA) is 82.6 Å². The first-order valence-corrected chi connectivity index (χ1v) is 8.43. The maximum atomic E-state index is 12.5. The molecule has 0 bridgehead atoms. The predicted molar refractivity (Wildman–Crippen MR) is 84.8 cm³/mol. The lowest BCUT2D eigenvalue weighted by molar-refractivity contribution is -0.124. The van der Waals surface area contributed by atoms with Gasteiger partial charge in [0.2, 0.25) is 5.91 Å². The molecule has 2 heterocycles. The highest BCUT2D eigenvalue weighted by Gasteiger charge is 2.37. The molecule has 1 aromatic rings. The van der Waals surface area contributed by atoms with E-state index in [1.54, 1.807) is 0 Å². The lowest BCUT2D eigenvalue weighted by atomic mass is 9.74. The Bertz CT molecular complexity index is 595. The van der Waals surface area contributed by atoms with Crippen LogP contribution in [0.5, 0.6) is 5.75 Å². The molecule has 2 atom stereocenters. The number of ether oxygens (including phenoxy) is 1. The van der Waals surface area contributed by atoms with E-state index in [-0.39, 0.29) is 24.1 Å². The zero-order chi connectivity index (χ0) is 15.8. The highest BCUT2D eigenvalue weighted by atomic mass is 16.5. The number of aliphatic hydroxyl groups excluding tert-OH is 1. The molecule has 0 spiro atoms. The zero-order valence-electron chi connectivity index (χ0n) is 13.0. The maximum Gasteiger partial charge on any atom is 0.239 e. The highest BCUT2D eigenvalue weighted by molar-refractivity contribution is 5.82. The second-order valence-corrected chi connectivity index (χ2v) is 6.75. The molecule has 2 fully saturated rings. The average Bonchev–Trinajstić information content (AvgIpc) is 3.19. The number of benzene rings is 1. The van der Waals surface area contributed by atoms with E-state index in [0.29, 0.717) is 5.92 Å². The molecule has 0 aromatic heterocycles. The molecule has 1 saturated carbocycles. The summed E-state index contributed by atoms with van der Waals surface area (Å²) in [7, 11) is 0. The minimum Gasteiger partial charge on any atom is -0.493 e. The van der Waals surface area contributed by atoms with E-state index in [2.05, 4.69) is 22.2 Å². The molecule has 1 saturated heterocycles. The summed E-state index contributed by atoms with van der Waals surface area (Å²) < 4.78 is 5.57. The fourth-order valence-electron chi connectivity index (χ4n) is 3.71. The molecule has 23 heavy (non-hydrogen) atoms. The average molecular weight is 317 g/mol. The Labute approximate surface area is 135 Å². The Morgan fingerprint density at radius 2 is 2.26 bits per heavy atom. The van der Waals surface area contributed by atoms with Gasteiger partial charge in [-0.3, -0.25) is 10.2 Å². The fraction of sp³-hybridized carbons (Fsp3) is 0.588. The van der Waals surface area contributed by atoms with Gasteiger partial charge >= 0.3 is 0 Å². The SMILES string of the molecule is O=C(NC(c1ccc2c(c1)CCO2)C1CC(O)C1)C1CCNN1. The fourth-order valence-corrected chi connectivity index (χ4v) is 3.71. The Hall–Kier alpha value is -1.63. The maximum absolute atomic E-state index is 12.5. The number of hydrogen-bond donors (Lipinski definition) is 4. The molecule has 6 nitrogen and oxygen atoms in total. The normalized spacial score (nSPS) is 30.2. The molecule has 1 aliphatic carbocycles. The minimum atomic E-state index is -0.233. The van der Waals surface area contributed by atoms with E-state index in [9.17, 15) is 9.90 Å². The van der Waals surface area contributed by atoms with Gasteiger partial charge in [0.1, 0.15) is 11.8 Å². The molecule has 6 heteroatoms. The summed E-state index contributed by atoms with van der Waals surface area (Å²) in [5.74, 6) is 1.27. The largest absolute Gasteiger partial charge is 0.493 e. The molecule has 0 radical (unpaired) electrons. The van der Waals surface area contributed by atoms with Gasteiger partial charge in [-0.25, -0.2) is 5.43 Å². The number of hydrazine groups is 1. The van der Waals surface area contributed by atoms with Crippen molar-refractivity contribution in [1.82, 2.24) is 16.2 Å². The third kappa shape index (κ3) is 2.94. The van der Waals surface area contributed by atoms with Gasteiger partial charge in [-0.1, -0.05) is 6.07 Å². The van der Waals surface area contributed by atoms with Gasteiger partial charge in [0, 0.05) is 13.0 Å². The van der Waals surface area contributed by atoms with Crippen LogP contribution in [0.1, 0.15) is 36.4 Å². The van der Waals surface area contributed by atoms with E-state index >= 15 is 0 Å². The highest BCUT2D eigenvalue weighted by Crippen LogP contribution is 2.39. The van der Waals surface area contributed by atoms with Crippen LogP contribution < -0.4 is 20.9 Å². The van der Waals surface area contributed by atoms with Gasteiger partial charge in [-0.05, 0) is 48.4 Å². The standard InChI is InChI=1S/C17H23N3O3/c21-13-8-12(9-13)16(19-17(22)14-3-5-18-20-14)11-1-2-15-10(7-11)4-6-23-15/h1-2,7,12-14,16,18,20-21H,3-6,8-9H2,(H,19,22). The van der Waals surface area contributed by atoms with E-state index in [0.717, 1.165) is 50.1 Å². The Morgan fingerprint density at radius 1 is 1.39 bits per heavy atom. The van der Waals surface area contributed by atoms with Crippen molar-refractivity contribution in [3.63, 3.8) is 0 Å². The van der Waals surface area contributed by atoms with Crippen LogP contribution in [0.25, 0.3) is 0 Å². The van der Waals surface area contributed by atoms with Gasteiger partial charge in [0.05, 0.1) is 18.8 Å². The van der Waals surface area contributed by atoms with Crippen molar-refractivity contribution in [3.05, 3.63) is 29.3 Å². The van der Waals surface area contributed by atoms with Crippen LogP contribution in [0.2, 0.25) is 0 Å². The summed E-state index contributed by atoms with van der Waals surface area (Å²) in [5, 5.41) is 12.9. The van der Waals surface area contributed by atoms with Crippen molar-refractivity contribution in [1.29, 1.82) is 0 Å². The summed E-state index contributed by atoms with van der Waals surface area (Å²) >= 11 is 0. The van der Waals surface area contributed by atoms with Crippen LogP contribution in [0.4, 0.5) is 0 Å². The van der Waals surface area contributed by atoms with Crippen molar-refractivity contribution in [3.8, 4) is 5.75 Å². The van der Waals surface area contributed by atoms with Gasteiger partial charge in [-0.15, -0.1) is 0 Å². The van der Waals surface area contributed by atoms with E-state index in [4.69, 9.17) is 4.74 Å². The van der Waals surface area contributed by atoms with Crippen LogP contribution in [0.3, 0.4) is 0 Å². The van der Waals surface area contributed by atoms with E-state index in [1.165, 1.54) is 5.56 Å². The third-order valence-electron chi connectivity index (χ3n) is 5.14. The third-order valence-corrected chi connectivity index (χ3v) is 5.14. The summed E-state index contributed by atoms with van der Waals surface area (Å²) in [5.41, 5.74) is 8.33. The summed E-state index contributed by atoms with van der Waals surface area (Å²) in [4.78, 5) is 12.5. The van der Waals surface area contributed by atoms with Gasteiger partial charge in [0.15, 0.2) is 0 Å². The van der Waals surface area contributed by atoms with Gasteiger partial charge < -0.3 is 15.2 Å². The number of amides is 1. The van der Waals surface area contributed by atoms with E-state index < -0.39 is 0 Å². The molecule has 4 N–H and O–H groups in total. The number of nitrogens with one attached hydrogen (secondary N) is 3. The number of carbonyl (C=O) groups is 1. The molecule has 3 aliphatic rings. The second kappa shape index (κ2) is 6.11. The minimum absolute atomic E-state index is 0.0261. The Balaban J connectivity index is 1.54. The Morgan fingerprint density at radius 3 is 3.00 bits per heavy atom. The molecule has 4 rings (SSSR count). The number of aliphatic hydroxyl groups is 1. The molecule has 1 aromatic carbocycles. The second-order valence-electron chi connectivity index (χ2n) is 6.75. The number of hydrogen-bond acceptors (Lipinski definition) is 5. The van der Waals surface area contributed by atoms with Crippen LogP contribution in [-0.2, 0) is 11.2 Å². The molecule has 2 unspecified atom stereocenters. The van der Waals surface area contributed by atoms with Crippen LogP contribution in [0, 0.1) is 5.92 Å². The zero-order valence-corrected chi connectivity index (χ0v) is 13.0. The first-order valence-electron chi connectivity index (χ1n) is 8.43. The summed E-state index contributed by atoms with van der Waals surface area (Å²) in [6.07, 6.45) is 2.97. The van der Waals surface area contributed by atoms with Crippen molar-refractivity contribution < 1.29 is 14.6 Å². The lowest BCUT2D eigenvalue weighted by Gasteiger charge is -2.38. The van der Waals surface area contributed by atoms with Crippen molar-refractivity contribution >= 4 is 5.91 Å². The smallest absolute Gasteiger partial charge is 0.239 e. The van der Waals surface area contributed by atoms with Crippen LogP contribution >= 0.6 is 0 Å². The number of rotatable bonds is 4. The van der Waals surface area contributed by atoms with Crippen molar-refractivity contribution in [2.75, 3.05) is 13.2 Å². The van der Waals surface area contributed by atoms with Crippen molar-refractivity contribution in [2.24, 2.45) is 5.92 Å². The summed E-state index contributed by atoms with van der Waals surface area (Å²) in [6.45, 7) is 1.54. The van der Waals surface area contributed by atoms with Crippen LogP contribution in [0.15, 0.2) is 18.2 Å². The van der Waals surface area contributed by atoms with Crippen molar-refractivity contribution in [2.45, 2.75) is 43.9 Å². The van der Waals surface area contributed by atoms with Crippen LogP contribution in [-0.4, -0.2) is 36.3 Å². The first-order chi connectivity index (χ1) is 11.2. The molecular formula is C17H23N3O3. The van der Waals surface area contributed by atoms with E-state index in [1.807, 2.05) is 12.1 Å². The van der Waals surface area contributed by atoms with Gasteiger partial charge in [0.25, 0.3) is 0 Å². The predicted octanol–water partition coefficient (Wildman–Crippen LogP) is 0.416. The summed E-state index contributed by atoms with van der Waals surface area (Å²) in [6, 6.07) is 5.97. The molecule has 1 amide bonds. The number of carbonyl (C=O) groups excluding carboxylic acids is 1.